The van der Waals surface area contributed by atoms with E-state index < -0.39 is 0 Å². The van der Waals surface area contributed by atoms with Gasteiger partial charge in [0, 0.05) is 6.54 Å². The van der Waals surface area contributed by atoms with Gasteiger partial charge in [-0.3, -0.25) is 5.32 Å². The molecule has 0 saturated heterocycles. The Labute approximate surface area is 73.2 Å². The lowest BCUT2D eigenvalue weighted by Crippen LogP contribution is -2.13. The number of benzene rings is 1. The summed E-state index contributed by atoms with van der Waals surface area (Å²) in [5.41, 5.74) is 2.56. The fraction of sp³-hybridized carbons (Fsp3) is 0.400. The SMILES string of the molecule is CCc1ccc(CNCO)cc1. The minimum atomic E-state index is 0.0372. The monoisotopic (exact) mass is 165 g/mol. The number of aliphatic hydroxyl groups is 1. The molecule has 1 aromatic carbocycles. The molecule has 2 nitrogen and oxygen atoms in total. The molecule has 0 aliphatic carbocycles. The minimum Gasteiger partial charge on any atom is -0.381 e. The van der Waals surface area contributed by atoms with E-state index in [1.54, 1.807) is 0 Å². The van der Waals surface area contributed by atoms with Gasteiger partial charge in [0.15, 0.2) is 0 Å². The van der Waals surface area contributed by atoms with Crippen LogP contribution in [0.1, 0.15) is 18.1 Å². The average molecular weight is 165 g/mol. The third-order valence-electron chi connectivity index (χ3n) is 1.87. The van der Waals surface area contributed by atoms with Gasteiger partial charge in [-0.25, -0.2) is 0 Å². The summed E-state index contributed by atoms with van der Waals surface area (Å²) in [5, 5.41) is 11.4. The van der Waals surface area contributed by atoms with Gasteiger partial charge in [0.2, 0.25) is 0 Å². The van der Waals surface area contributed by atoms with Crippen molar-refractivity contribution in [2.24, 2.45) is 0 Å². The highest BCUT2D eigenvalue weighted by Gasteiger charge is 1.91. The predicted octanol–water partition coefficient (Wildman–Crippen LogP) is 1.29. The number of aryl methyl sites for hydroxylation is 1. The van der Waals surface area contributed by atoms with Gasteiger partial charge in [-0.2, -0.15) is 0 Å². The molecule has 0 saturated carbocycles. The van der Waals surface area contributed by atoms with Crippen LogP contribution in [-0.2, 0) is 13.0 Å². The maximum atomic E-state index is 8.52. The summed E-state index contributed by atoms with van der Waals surface area (Å²) in [6.45, 7) is 2.91. The molecule has 2 heteroatoms. The Morgan fingerprint density at radius 2 is 1.75 bits per heavy atom. The third-order valence-corrected chi connectivity index (χ3v) is 1.87. The Morgan fingerprint density at radius 1 is 1.17 bits per heavy atom. The first-order chi connectivity index (χ1) is 5.86. The highest BCUT2D eigenvalue weighted by atomic mass is 16.3. The van der Waals surface area contributed by atoms with Crippen LogP contribution in [0.5, 0.6) is 0 Å². The van der Waals surface area contributed by atoms with E-state index in [0.717, 1.165) is 13.0 Å². The molecule has 0 unspecified atom stereocenters. The lowest BCUT2D eigenvalue weighted by Gasteiger charge is -2.02. The summed E-state index contributed by atoms with van der Waals surface area (Å²) in [6, 6.07) is 8.41. The normalized spacial score (nSPS) is 10.2. The molecule has 0 aliphatic heterocycles. The molecule has 0 amide bonds. The first kappa shape index (κ1) is 9.23. The second-order valence-corrected chi connectivity index (χ2v) is 2.75. The Morgan fingerprint density at radius 3 is 2.25 bits per heavy atom. The van der Waals surface area contributed by atoms with Crippen molar-refractivity contribution in [3.63, 3.8) is 0 Å². The molecule has 0 radical (unpaired) electrons. The van der Waals surface area contributed by atoms with Crippen LogP contribution in [0.3, 0.4) is 0 Å². The van der Waals surface area contributed by atoms with Crippen molar-refractivity contribution in [2.75, 3.05) is 6.73 Å². The van der Waals surface area contributed by atoms with E-state index in [9.17, 15) is 0 Å². The Kier molecular flexibility index (Phi) is 3.77. The van der Waals surface area contributed by atoms with Crippen molar-refractivity contribution in [2.45, 2.75) is 19.9 Å². The molecule has 2 N–H and O–H groups in total. The summed E-state index contributed by atoms with van der Waals surface area (Å²) in [7, 11) is 0. The van der Waals surface area contributed by atoms with Gasteiger partial charge in [-0.15, -0.1) is 0 Å². The zero-order valence-corrected chi connectivity index (χ0v) is 7.38. The van der Waals surface area contributed by atoms with Crippen molar-refractivity contribution in [1.29, 1.82) is 0 Å². The Balaban J connectivity index is 2.53. The van der Waals surface area contributed by atoms with Gasteiger partial charge in [0.05, 0.1) is 6.73 Å². The number of hydrogen-bond acceptors (Lipinski definition) is 2. The molecule has 12 heavy (non-hydrogen) atoms. The Hall–Kier alpha value is -0.860. The molecule has 0 atom stereocenters. The molecule has 0 aliphatic rings. The topological polar surface area (TPSA) is 32.3 Å². The van der Waals surface area contributed by atoms with Crippen LogP contribution < -0.4 is 5.32 Å². The number of rotatable bonds is 4. The van der Waals surface area contributed by atoms with Crippen molar-refractivity contribution in [3.8, 4) is 0 Å². The van der Waals surface area contributed by atoms with E-state index in [1.165, 1.54) is 11.1 Å². The fourth-order valence-corrected chi connectivity index (χ4v) is 1.09. The van der Waals surface area contributed by atoms with Crippen molar-refractivity contribution >= 4 is 0 Å². The van der Waals surface area contributed by atoms with Crippen molar-refractivity contribution < 1.29 is 5.11 Å². The molecule has 0 fully saturated rings. The van der Waals surface area contributed by atoms with Gasteiger partial charge in [-0.1, -0.05) is 31.2 Å². The van der Waals surface area contributed by atoms with Gasteiger partial charge in [0.1, 0.15) is 0 Å². The molecular formula is C10H15NO. The zero-order chi connectivity index (χ0) is 8.81. The van der Waals surface area contributed by atoms with E-state index >= 15 is 0 Å². The zero-order valence-electron chi connectivity index (χ0n) is 7.38. The van der Waals surface area contributed by atoms with Crippen molar-refractivity contribution in [3.05, 3.63) is 35.4 Å². The predicted molar refractivity (Wildman–Crippen MR) is 49.7 cm³/mol. The van der Waals surface area contributed by atoms with Crippen molar-refractivity contribution in [1.82, 2.24) is 5.32 Å². The second kappa shape index (κ2) is 4.91. The van der Waals surface area contributed by atoms with Crippen LogP contribution >= 0.6 is 0 Å². The van der Waals surface area contributed by atoms with E-state index in [4.69, 9.17) is 5.11 Å². The molecular weight excluding hydrogens is 150 g/mol. The lowest BCUT2D eigenvalue weighted by molar-refractivity contribution is 0.259. The summed E-state index contributed by atoms with van der Waals surface area (Å²) in [6.07, 6.45) is 1.08. The highest BCUT2D eigenvalue weighted by molar-refractivity contribution is 5.22. The second-order valence-electron chi connectivity index (χ2n) is 2.75. The molecule has 66 valence electrons. The largest absolute Gasteiger partial charge is 0.381 e. The number of aliphatic hydroxyl groups excluding tert-OH is 1. The molecule has 0 bridgehead atoms. The molecule has 0 spiro atoms. The molecule has 1 aromatic rings. The maximum absolute atomic E-state index is 8.52. The average Bonchev–Trinajstić information content (AvgIpc) is 2.15. The molecule has 0 heterocycles. The van der Waals surface area contributed by atoms with E-state index in [0.29, 0.717) is 0 Å². The summed E-state index contributed by atoms with van der Waals surface area (Å²) in [4.78, 5) is 0. The molecule has 0 aromatic heterocycles. The van der Waals surface area contributed by atoms with Crippen LogP contribution in [0.2, 0.25) is 0 Å². The minimum absolute atomic E-state index is 0.0372. The van der Waals surface area contributed by atoms with Crippen LogP contribution in [0.15, 0.2) is 24.3 Å². The van der Waals surface area contributed by atoms with Crippen LogP contribution in [0.25, 0.3) is 0 Å². The van der Waals surface area contributed by atoms with Crippen LogP contribution in [-0.4, -0.2) is 11.8 Å². The summed E-state index contributed by atoms with van der Waals surface area (Å²) >= 11 is 0. The molecule has 1 rings (SSSR count). The first-order valence-electron chi connectivity index (χ1n) is 4.26. The quantitative estimate of drug-likeness (QED) is 0.659. The van der Waals surface area contributed by atoms with Gasteiger partial charge < -0.3 is 5.11 Å². The smallest absolute Gasteiger partial charge is 0.0934 e. The van der Waals surface area contributed by atoms with Gasteiger partial charge in [0.25, 0.3) is 0 Å². The van der Waals surface area contributed by atoms with E-state index in [1.807, 2.05) is 0 Å². The van der Waals surface area contributed by atoms with Gasteiger partial charge in [-0.05, 0) is 17.5 Å². The Bertz CT molecular complexity index is 218. The standard InChI is InChI=1S/C10H15NO/c1-2-9-3-5-10(6-4-9)7-11-8-12/h3-6,11-12H,2,7-8H2,1H3. The van der Waals surface area contributed by atoms with Crippen LogP contribution in [0.4, 0.5) is 0 Å². The summed E-state index contributed by atoms with van der Waals surface area (Å²) in [5.74, 6) is 0. The van der Waals surface area contributed by atoms with Gasteiger partial charge >= 0.3 is 0 Å². The van der Waals surface area contributed by atoms with Crippen LogP contribution in [0, 0.1) is 0 Å². The lowest BCUT2D eigenvalue weighted by atomic mass is 10.1. The fourth-order valence-electron chi connectivity index (χ4n) is 1.09. The highest BCUT2D eigenvalue weighted by Crippen LogP contribution is 2.04. The number of hydrogen-bond donors (Lipinski definition) is 2. The number of nitrogens with one attached hydrogen (secondary N) is 1. The third kappa shape index (κ3) is 2.64. The summed E-state index contributed by atoms with van der Waals surface area (Å²) < 4.78 is 0. The first-order valence-corrected chi connectivity index (χ1v) is 4.26. The maximum Gasteiger partial charge on any atom is 0.0934 e. The van der Waals surface area contributed by atoms with E-state index in [-0.39, 0.29) is 6.73 Å². The van der Waals surface area contributed by atoms with E-state index in [2.05, 4.69) is 36.5 Å².